The molecule has 0 aromatic heterocycles. The minimum atomic E-state index is -4.79. The molecule has 38 heavy (non-hydrogen) atoms. The molecule has 1 atom stereocenters. The van der Waals surface area contributed by atoms with Crippen LogP contribution in [0.15, 0.2) is 36.4 Å². The third kappa shape index (κ3) is 8.39. The van der Waals surface area contributed by atoms with Crippen molar-refractivity contribution >= 4 is 62.3 Å². The molecule has 0 aliphatic carbocycles. The van der Waals surface area contributed by atoms with Gasteiger partial charge in [-0.25, -0.2) is 8.42 Å². The summed E-state index contributed by atoms with van der Waals surface area (Å²) in [7, 11) is -4.31. The van der Waals surface area contributed by atoms with Gasteiger partial charge in [-0.3, -0.25) is 13.9 Å². The standard InChI is InChI=1S/C24H27Cl3F3N3O4S/c1-14(22(35)31-23(2,3)4)32(12-16-17(25)7-6-8-18(16)26)21(34)13-33(38(5,36)37)20-11-15(24(28,29)30)9-10-19(20)27/h6-11,14H,12-13H2,1-5H3,(H,31,35). The number of nitrogens with zero attached hydrogens (tertiary/aromatic N) is 2. The van der Waals surface area contributed by atoms with Gasteiger partial charge in [-0.2, -0.15) is 13.2 Å². The molecule has 0 heterocycles. The van der Waals surface area contributed by atoms with E-state index in [-0.39, 0.29) is 21.6 Å². The highest BCUT2D eigenvalue weighted by atomic mass is 35.5. The number of hydrogen-bond acceptors (Lipinski definition) is 4. The van der Waals surface area contributed by atoms with Gasteiger partial charge in [0.25, 0.3) is 0 Å². The second-order valence-electron chi connectivity index (χ2n) is 9.57. The molecule has 0 radical (unpaired) electrons. The van der Waals surface area contributed by atoms with Crippen LogP contribution in [0.5, 0.6) is 0 Å². The van der Waals surface area contributed by atoms with Crippen LogP contribution in [0.2, 0.25) is 15.1 Å². The molecular weight excluding hydrogens is 590 g/mol. The molecule has 0 saturated heterocycles. The Balaban J connectivity index is 2.57. The van der Waals surface area contributed by atoms with Crippen molar-refractivity contribution in [3.05, 3.63) is 62.6 Å². The number of halogens is 6. The van der Waals surface area contributed by atoms with E-state index in [1.54, 1.807) is 26.8 Å². The number of carbonyl (C=O) groups excluding carboxylic acids is 2. The van der Waals surface area contributed by atoms with Crippen LogP contribution in [0.1, 0.15) is 38.8 Å². The molecule has 0 saturated carbocycles. The Labute approximate surface area is 234 Å². The first-order valence-corrected chi connectivity index (χ1v) is 14.1. The lowest BCUT2D eigenvalue weighted by molar-refractivity contribution is -0.140. The predicted octanol–water partition coefficient (Wildman–Crippen LogP) is 5.76. The maximum absolute atomic E-state index is 13.6. The molecule has 2 amide bonds. The highest BCUT2D eigenvalue weighted by Gasteiger charge is 2.35. The van der Waals surface area contributed by atoms with E-state index in [2.05, 4.69) is 5.32 Å². The van der Waals surface area contributed by atoms with Gasteiger partial charge in [0, 0.05) is 27.7 Å². The molecule has 0 fully saturated rings. The van der Waals surface area contributed by atoms with Gasteiger partial charge >= 0.3 is 6.18 Å². The highest BCUT2D eigenvalue weighted by molar-refractivity contribution is 7.92. The number of sulfonamides is 1. The largest absolute Gasteiger partial charge is 0.416 e. The van der Waals surface area contributed by atoms with Crippen LogP contribution in [0.4, 0.5) is 18.9 Å². The maximum atomic E-state index is 13.6. The summed E-state index contributed by atoms with van der Waals surface area (Å²) in [5.74, 6) is -1.46. The molecule has 2 aromatic rings. The summed E-state index contributed by atoms with van der Waals surface area (Å²) < 4.78 is 65.8. The number of hydrogen-bond donors (Lipinski definition) is 1. The fourth-order valence-corrected chi connectivity index (χ4v) is 5.03. The van der Waals surface area contributed by atoms with Gasteiger partial charge in [0.05, 0.1) is 22.5 Å². The van der Waals surface area contributed by atoms with Crippen LogP contribution in [-0.4, -0.2) is 49.5 Å². The van der Waals surface area contributed by atoms with Crippen LogP contribution >= 0.6 is 34.8 Å². The Morgan fingerprint density at radius 3 is 2.03 bits per heavy atom. The predicted molar refractivity (Wildman–Crippen MR) is 143 cm³/mol. The van der Waals surface area contributed by atoms with Crippen LogP contribution in [0.3, 0.4) is 0 Å². The smallest absolute Gasteiger partial charge is 0.350 e. The van der Waals surface area contributed by atoms with Crippen molar-refractivity contribution in [1.82, 2.24) is 10.2 Å². The van der Waals surface area contributed by atoms with Gasteiger partial charge in [-0.05, 0) is 58.0 Å². The van der Waals surface area contributed by atoms with Crippen LogP contribution in [-0.2, 0) is 32.3 Å². The van der Waals surface area contributed by atoms with Gasteiger partial charge in [0.1, 0.15) is 12.6 Å². The van der Waals surface area contributed by atoms with Crippen molar-refractivity contribution in [1.29, 1.82) is 0 Å². The number of alkyl halides is 3. The molecular formula is C24H27Cl3F3N3O4S. The summed E-state index contributed by atoms with van der Waals surface area (Å²) in [5, 5.41) is 2.81. The van der Waals surface area contributed by atoms with E-state index in [1.807, 2.05) is 0 Å². The Morgan fingerprint density at radius 2 is 1.55 bits per heavy atom. The molecule has 1 N–H and O–H groups in total. The first-order chi connectivity index (χ1) is 17.2. The second-order valence-corrected chi connectivity index (χ2v) is 12.7. The number of carbonyl (C=O) groups is 2. The van der Waals surface area contributed by atoms with Crippen molar-refractivity contribution in [3.8, 4) is 0 Å². The zero-order valence-electron chi connectivity index (χ0n) is 21.2. The quantitative estimate of drug-likeness (QED) is 0.409. The molecule has 0 spiro atoms. The lowest BCUT2D eigenvalue weighted by atomic mass is 10.1. The van der Waals surface area contributed by atoms with E-state index < -0.39 is 57.4 Å². The van der Waals surface area contributed by atoms with Crippen LogP contribution in [0, 0.1) is 0 Å². The molecule has 2 aromatic carbocycles. The SMILES string of the molecule is CC(C(=O)NC(C)(C)C)N(Cc1c(Cl)cccc1Cl)C(=O)CN(c1cc(C(F)(F)F)ccc1Cl)S(C)(=O)=O. The number of anilines is 1. The summed E-state index contributed by atoms with van der Waals surface area (Å²) in [6.45, 7) is 5.38. The normalized spacial score (nSPS) is 13.1. The molecule has 0 aliphatic heterocycles. The van der Waals surface area contributed by atoms with Gasteiger partial charge in [0.2, 0.25) is 21.8 Å². The van der Waals surface area contributed by atoms with Crippen molar-refractivity contribution in [2.24, 2.45) is 0 Å². The minimum absolute atomic E-state index is 0.194. The third-order valence-electron chi connectivity index (χ3n) is 5.28. The summed E-state index contributed by atoms with van der Waals surface area (Å²) in [6, 6.07) is 5.61. The van der Waals surface area contributed by atoms with Gasteiger partial charge in [0.15, 0.2) is 0 Å². The first-order valence-electron chi connectivity index (χ1n) is 11.1. The minimum Gasteiger partial charge on any atom is -0.350 e. The molecule has 2 rings (SSSR count). The second kappa shape index (κ2) is 11.9. The molecule has 210 valence electrons. The van der Waals surface area contributed by atoms with Crippen molar-refractivity contribution in [2.45, 2.75) is 52.0 Å². The molecule has 14 heteroatoms. The Hall–Kier alpha value is -2.21. The van der Waals surface area contributed by atoms with E-state index in [4.69, 9.17) is 34.8 Å². The number of nitrogens with one attached hydrogen (secondary N) is 1. The number of benzene rings is 2. The molecule has 0 bridgehead atoms. The Bertz CT molecular complexity index is 1290. The van der Waals surface area contributed by atoms with E-state index in [0.717, 1.165) is 17.2 Å². The van der Waals surface area contributed by atoms with Crippen LogP contribution < -0.4 is 9.62 Å². The average molecular weight is 617 g/mol. The average Bonchev–Trinajstić information content (AvgIpc) is 2.74. The van der Waals surface area contributed by atoms with Crippen molar-refractivity contribution < 1.29 is 31.2 Å². The number of amides is 2. The van der Waals surface area contributed by atoms with Crippen molar-refractivity contribution in [3.63, 3.8) is 0 Å². The first kappa shape index (κ1) is 32.0. The van der Waals surface area contributed by atoms with E-state index in [9.17, 15) is 31.2 Å². The summed E-state index contributed by atoms with van der Waals surface area (Å²) in [5.41, 5.74) is -2.06. The zero-order valence-corrected chi connectivity index (χ0v) is 24.2. The Morgan fingerprint density at radius 1 is 1.00 bits per heavy atom. The third-order valence-corrected chi connectivity index (χ3v) is 7.43. The highest BCUT2D eigenvalue weighted by Crippen LogP contribution is 2.36. The van der Waals surface area contributed by atoms with Gasteiger partial charge < -0.3 is 10.2 Å². The fourth-order valence-electron chi connectivity index (χ4n) is 3.39. The number of rotatable bonds is 8. The summed E-state index contributed by atoms with van der Waals surface area (Å²) in [4.78, 5) is 27.6. The van der Waals surface area contributed by atoms with E-state index in [0.29, 0.717) is 22.0 Å². The van der Waals surface area contributed by atoms with Gasteiger partial charge in [-0.15, -0.1) is 0 Å². The van der Waals surface area contributed by atoms with Gasteiger partial charge in [-0.1, -0.05) is 40.9 Å². The van der Waals surface area contributed by atoms with E-state index in [1.165, 1.54) is 19.1 Å². The lowest BCUT2D eigenvalue weighted by Gasteiger charge is -2.33. The van der Waals surface area contributed by atoms with Crippen LogP contribution in [0.25, 0.3) is 0 Å². The lowest BCUT2D eigenvalue weighted by Crippen LogP contribution is -2.54. The maximum Gasteiger partial charge on any atom is 0.416 e. The monoisotopic (exact) mass is 615 g/mol. The molecule has 7 nitrogen and oxygen atoms in total. The van der Waals surface area contributed by atoms with E-state index >= 15 is 0 Å². The Kier molecular flexibility index (Phi) is 10.0. The summed E-state index contributed by atoms with van der Waals surface area (Å²) >= 11 is 18.6. The van der Waals surface area contributed by atoms with Crippen molar-refractivity contribution in [2.75, 3.05) is 17.1 Å². The molecule has 0 aliphatic rings. The topological polar surface area (TPSA) is 86.8 Å². The zero-order chi connectivity index (χ0) is 29.2. The summed E-state index contributed by atoms with van der Waals surface area (Å²) in [6.07, 6.45) is -4.07. The fraction of sp³-hybridized carbons (Fsp3) is 0.417. The molecule has 1 unspecified atom stereocenters.